The van der Waals surface area contributed by atoms with E-state index in [-0.39, 0.29) is 5.91 Å². The van der Waals surface area contributed by atoms with Gasteiger partial charge >= 0.3 is 0 Å². The molecule has 0 radical (unpaired) electrons. The fourth-order valence-electron chi connectivity index (χ4n) is 2.53. The van der Waals surface area contributed by atoms with Gasteiger partial charge in [0, 0.05) is 63.1 Å². The summed E-state index contributed by atoms with van der Waals surface area (Å²) in [6.07, 6.45) is 7.09. The normalized spacial score (nSPS) is 16.1. The predicted molar refractivity (Wildman–Crippen MR) is 78.8 cm³/mol. The van der Waals surface area contributed by atoms with Crippen LogP contribution >= 0.6 is 0 Å². The van der Waals surface area contributed by atoms with Gasteiger partial charge in [-0.2, -0.15) is 5.10 Å². The lowest BCUT2D eigenvalue weighted by Crippen LogP contribution is -2.49. The zero-order chi connectivity index (χ0) is 14.5. The van der Waals surface area contributed by atoms with Crippen LogP contribution in [0.3, 0.4) is 0 Å². The Hall–Kier alpha value is -2.21. The van der Waals surface area contributed by atoms with Crippen molar-refractivity contribution >= 4 is 5.91 Å². The van der Waals surface area contributed by atoms with Crippen molar-refractivity contribution in [2.45, 2.75) is 6.54 Å². The Bertz CT molecular complexity index is 561. The largest absolute Gasteiger partial charge is 0.336 e. The molecule has 6 nitrogen and oxygen atoms in total. The molecular weight excluding hydrogens is 266 g/mol. The van der Waals surface area contributed by atoms with Crippen LogP contribution in [0.2, 0.25) is 0 Å². The second kappa shape index (κ2) is 6.49. The number of carbonyl (C=O) groups is 1. The van der Waals surface area contributed by atoms with E-state index in [0.29, 0.717) is 0 Å². The van der Waals surface area contributed by atoms with Crippen molar-refractivity contribution in [2.24, 2.45) is 0 Å². The van der Waals surface area contributed by atoms with Gasteiger partial charge in [-0.3, -0.25) is 19.4 Å². The summed E-state index contributed by atoms with van der Waals surface area (Å²) in [5.41, 5.74) is 0.718. The van der Waals surface area contributed by atoms with Crippen molar-refractivity contribution in [3.05, 3.63) is 48.5 Å². The van der Waals surface area contributed by atoms with Crippen LogP contribution in [0.5, 0.6) is 0 Å². The monoisotopic (exact) mass is 285 g/mol. The van der Waals surface area contributed by atoms with Gasteiger partial charge in [-0.15, -0.1) is 0 Å². The van der Waals surface area contributed by atoms with Crippen LogP contribution in [0.15, 0.2) is 43.0 Å². The first kappa shape index (κ1) is 13.8. The summed E-state index contributed by atoms with van der Waals surface area (Å²) in [6.45, 7) is 5.25. The van der Waals surface area contributed by atoms with Gasteiger partial charge in [-0.25, -0.2) is 0 Å². The molecule has 0 atom stereocenters. The second-order valence-electron chi connectivity index (χ2n) is 5.14. The average molecular weight is 285 g/mol. The summed E-state index contributed by atoms with van der Waals surface area (Å²) >= 11 is 0. The van der Waals surface area contributed by atoms with E-state index in [2.05, 4.69) is 15.0 Å². The quantitative estimate of drug-likeness (QED) is 0.831. The molecule has 110 valence electrons. The Kier molecular flexibility index (Phi) is 4.25. The molecule has 2 aromatic rings. The number of nitrogens with zero attached hydrogens (tertiary/aromatic N) is 5. The van der Waals surface area contributed by atoms with Crippen molar-refractivity contribution in [1.29, 1.82) is 0 Å². The zero-order valence-electron chi connectivity index (χ0n) is 11.9. The van der Waals surface area contributed by atoms with E-state index in [9.17, 15) is 4.79 Å². The minimum Gasteiger partial charge on any atom is -0.336 e. The summed E-state index contributed by atoms with van der Waals surface area (Å²) < 4.78 is 1.94. The molecule has 1 saturated heterocycles. The Morgan fingerprint density at radius 2 is 1.81 bits per heavy atom. The third-order valence-electron chi connectivity index (χ3n) is 3.79. The highest BCUT2D eigenvalue weighted by Gasteiger charge is 2.21. The SMILES string of the molecule is O=C(c1ccncc1)N1CCN(CCn2cccn2)CC1. The van der Waals surface area contributed by atoms with Crippen LogP contribution in [0, 0.1) is 0 Å². The molecule has 0 saturated carbocycles. The van der Waals surface area contributed by atoms with Crippen molar-refractivity contribution in [2.75, 3.05) is 32.7 Å². The molecule has 0 aliphatic carbocycles. The molecule has 1 fully saturated rings. The second-order valence-corrected chi connectivity index (χ2v) is 5.14. The zero-order valence-corrected chi connectivity index (χ0v) is 11.9. The number of pyridine rings is 1. The van der Waals surface area contributed by atoms with Gasteiger partial charge in [-0.05, 0) is 18.2 Å². The molecule has 6 heteroatoms. The van der Waals surface area contributed by atoms with E-state index in [1.807, 2.05) is 21.8 Å². The van der Waals surface area contributed by atoms with Crippen LogP contribution < -0.4 is 0 Å². The lowest BCUT2D eigenvalue weighted by Gasteiger charge is -2.34. The van der Waals surface area contributed by atoms with Crippen LogP contribution in [0.1, 0.15) is 10.4 Å². The van der Waals surface area contributed by atoms with Gasteiger partial charge in [0.25, 0.3) is 5.91 Å². The number of carbonyl (C=O) groups excluding carboxylic acids is 1. The number of rotatable bonds is 4. The van der Waals surface area contributed by atoms with E-state index >= 15 is 0 Å². The van der Waals surface area contributed by atoms with Gasteiger partial charge in [0.15, 0.2) is 0 Å². The Morgan fingerprint density at radius 3 is 2.48 bits per heavy atom. The summed E-state index contributed by atoms with van der Waals surface area (Å²) in [7, 11) is 0. The minimum atomic E-state index is 0.101. The van der Waals surface area contributed by atoms with Crippen molar-refractivity contribution in [3.8, 4) is 0 Å². The van der Waals surface area contributed by atoms with E-state index in [0.717, 1.165) is 44.8 Å². The molecule has 0 spiro atoms. The van der Waals surface area contributed by atoms with Crippen molar-refractivity contribution < 1.29 is 4.79 Å². The molecule has 0 aromatic carbocycles. The highest BCUT2D eigenvalue weighted by molar-refractivity contribution is 5.94. The summed E-state index contributed by atoms with van der Waals surface area (Å²) in [5, 5.41) is 4.20. The lowest BCUT2D eigenvalue weighted by molar-refractivity contribution is 0.0632. The highest BCUT2D eigenvalue weighted by atomic mass is 16.2. The van der Waals surface area contributed by atoms with Gasteiger partial charge in [-0.1, -0.05) is 0 Å². The molecule has 3 rings (SSSR count). The summed E-state index contributed by atoms with van der Waals surface area (Å²) in [5.74, 6) is 0.101. The Morgan fingerprint density at radius 1 is 1.05 bits per heavy atom. The summed E-state index contributed by atoms with van der Waals surface area (Å²) in [4.78, 5) is 20.6. The van der Waals surface area contributed by atoms with E-state index in [4.69, 9.17) is 0 Å². The minimum absolute atomic E-state index is 0.101. The average Bonchev–Trinajstić information content (AvgIpc) is 3.07. The number of piperazine rings is 1. The van der Waals surface area contributed by atoms with Gasteiger partial charge in [0.05, 0.1) is 6.54 Å². The van der Waals surface area contributed by atoms with E-state index in [1.165, 1.54) is 0 Å². The lowest BCUT2D eigenvalue weighted by atomic mass is 10.2. The maximum absolute atomic E-state index is 12.3. The first-order chi connectivity index (χ1) is 10.3. The molecule has 1 aliphatic rings. The van der Waals surface area contributed by atoms with Crippen LogP contribution in [0.25, 0.3) is 0 Å². The number of amides is 1. The fraction of sp³-hybridized carbons (Fsp3) is 0.400. The van der Waals surface area contributed by atoms with Gasteiger partial charge in [0.1, 0.15) is 0 Å². The molecule has 0 unspecified atom stereocenters. The highest BCUT2D eigenvalue weighted by Crippen LogP contribution is 2.08. The maximum atomic E-state index is 12.3. The molecule has 0 N–H and O–H groups in total. The summed E-state index contributed by atoms with van der Waals surface area (Å²) in [6, 6.07) is 5.48. The molecule has 0 bridgehead atoms. The number of hydrogen-bond donors (Lipinski definition) is 0. The first-order valence-electron chi connectivity index (χ1n) is 7.22. The van der Waals surface area contributed by atoms with Crippen molar-refractivity contribution in [3.63, 3.8) is 0 Å². The van der Waals surface area contributed by atoms with Crippen LogP contribution in [-0.4, -0.2) is 63.2 Å². The van der Waals surface area contributed by atoms with Gasteiger partial charge < -0.3 is 4.90 Å². The molecule has 21 heavy (non-hydrogen) atoms. The molecule has 1 aliphatic heterocycles. The third kappa shape index (κ3) is 3.46. The predicted octanol–water partition coefficient (Wildman–Crippen LogP) is 0.736. The topological polar surface area (TPSA) is 54.3 Å². The number of hydrogen-bond acceptors (Lipinski definition) is 4. The maximum Gasteiger partial charge on any atom is 0.254 e. The molecule has 3 heterocycles. The number of aromatic nitrogens is 3. The first-order valence-corrected chi connectivity index (χ1v) is 7.22. The molecule has 1 amide bonds. The Labute approximate surface area is 124 Å². The molecule has 2 aromatic heterocycles. The Balaban J connectivity index is 1.47. The van der Waals surface area contributed by atoms with Crippen molar-refractivity contribution in [1.82, 2.24) is 24.6 Å². The third-order valence-corrected chi connectivity index (χ3v) is 3.79. The fourth-order valence-corrected chi connectivity index (χ4v) is 2.53. The smallest absolute Gasteiger partial charge is 0.254 e. The van der Waals surface area contributed by atoms with Crippen LogP contribution in [0.4, 0.5) is 0 Å². The van der Waals surface area contributed by atoms with E-state index < -0.39 is 0 Å². The van der Waals surface area contributed by atoms with E-state index in [1.54, 1.807) is 30.7 Å². The standard InChI is InChI=1S/C15H19N5O/c21-15(14-2-5-16-6-3-14)19-11-8-18(9-12-19)10-13-20-7-1-4-17-20/h1-7H,8-13H2. The van der Waals surface area contributed by atoms with Gasteiger partial charge in [0.2, 0.25) is 0 Å². The van der Waals surface area contributed by atoms with Crippen LogP contribution in [-0.2, 0) is 6.54 Å². The molecular formula is C15H19N5O.